The molecule has 2 aliphatic heterocycles. The molecule has 150 valence electrons. The number of allylic oxidation sites excluding steroid dienone is 3. The number of hydrogen-bond acceptors (Lipinski definition) is 5. The molecule has 31 heavy (non-hydrogen) atoms. The lowest BCUT2D eigenvalue weighted by Crippen LogP contribution is -2.48. The second-order valence-electron chi connectivity index (χ2n) is 7.58. The summed E-state index contributed by atoms with van der Waals surface area (Å²) < 4.78 is 18.0. The molecule has 2 unspecified atom stereocenters. The zero-order valence-electron chi connectivity index (χ0n) is 16.3. The van der Waals surface area contributed by atoms with Gasteiger partial charge in [0.05, 0.1) is 5.56 Å². The topological polar surface area (TPSA) is 61.8 Å². The summed E-state index contributed by atoms with van der Waals surface area (Å²) in [5.41, 5.74) is 0.433. The van der Waals surface area contributed by atoms with Crippen LogP contribution in [0.3, 0.4) is 0 Å². The number of ether oxygens (including phenoxy) is 3. The minimum absolute atomic E-state index is 0.169. The van der Waals surface area contributed by atoms with E-state index in [1.807, 2.05) is 54.6 Å². The van der Waals surface area contributed by atoms with Crippen molar-refractivity contribution in [3.05, 3.63) is 119 Å². The summed E-state index contributed by atoms with van der Waals surface area (Å²) in [6, 6.07) is 23.6. The summed E-state index contributed by atoms with van der Waals surface area (Å²) >= 11 is 0. The molecule has 5 heteroatoms. The van der Waals surface area contributed by atoms with Gasteiger partial charge in [0.2, 0.25) is 5.78 Å². The molecule has 1 aliphatic carbocycles. The van der Waals surface area contributed by atoms with Gasteiger partial charge in [-0.1, -0.05) is 54.6 Å². The van der Waals surface area contributed by atoms with Gasteiger partial charge in [0.1, 0.15) is 23.2 Å². The van der Waals surface area contributed by atoms with Gasteiger partial charge >= 0.3 is 5.97 Å². The number of hydrogen-bond donors (Lipinski definition) is 0. The predicted molar refractivity (Wildman–Crippen MR) is 111 cm³/mol. The maximum Gasteiger partial charge on any atom is 0.339 e. The molecule has 5 nitrogen and oxygen atoms in total. The van der Waals surface area contributed by atoms with Gasteiger partial charge in [0, 0.05) is 11.1 Å². The first-order valence-corrected chi connectivity index (χ1v) is 9.98. The highest BCUT2D eigenvalue weighted by molar-refractivity contribution is 6.03. The molecular formula is C26H16O5. The van der Waals surface area contributed by atoms with Crippen LogP contribution in [0.4, 0.5) is 0 Å². The number of esters is 1. The minimum Gasteiger partial charge on any atom is -0.460 e. The molecule has 0 saturated heterocycles. The molecule has 0 radical (unpaired) electrons. The average molecular weight is 408 g/mol. The van der Waals surface area contributed by atoms with E-state index in [9.17, 15) is 9.59 Å². The van der Waals surface area contributed by atoms with Crippen LogP contribution in [0.15, 0.2) is 103 Å². The molecule has 6 rings (SSSR count). The number of carbonyl (C=O) groups is 2. The van der Waals surface area contributed by atoms with Gasteiger partial charge in [-0.2, -0.15) is 0 Å². The molecule has 2 heterocycles. The standard InChI is InChI=1S/C26H16O5/c27-24-22(29-16-8-2-1-3-9-16)15-14-21-23(24)26(19-12-6-7-13-20(19)30-21)18-11-5-4-10-17(18)25(28)31-26/h1-15,23H. The minimum atomic E-state index is -1.31. The number of ketones is 1. The van der Waals surface area contributed by atoms with Gasteiger partial charge in [0.25, 0.3) is 0 Å². The summed E-state index contributed by atoms with van der Waals surface area (Å²) in [4.78, 5) is 26.6. The van der Waals surface area contributed by atoms with Crippen molar-refractivity contribution in [1.82, 2.24) is 0 Å². The van der Waals surface area contributed by atoms with Crippen molar-refractivity contribution in [2.45, 2.75) is 5.60 Å². The molecule has 0 saturated carbocycles. The molecule has 0 amide bonds. The fourth-order valence-corrected chi connectivity index (χ4v) is 4.59. The zero-order chi connectivity index (χ0) is 21.0. The van der Waals surface area contributed by atoms with Crippen LogP contribution in [0.2, 0.25) is 0 Å². The number of para-hydroxylation sites is 2. The fourth-order valence-electron chi connectivity index (χ4n) is 4.59. The summed E-state index contributed by atoms with van der Waals surface area (Å²) in [5, 5.41) is 0. The first-order valence-electron chi connectivity index (χ1n) is 9.98. The predicted octanol–water partition coefficient (Wildman–Crippen LogP) is 4.54. The molecule has 3 aromatic rings. The summed E-state index contributed by atoms with van der Waals surface area (Å²) in [6.45, 7) is 0. The molecule has 0 fully saturated rings. The lowest BCUT2D eigenvalue weighted by atomic mass is 9.70. The molecule has 3 aromatic carbocycles. The van der Waals surface area contributed by atoms with Crippen molar-refractivity contribution < 1.29 is 23.8 Å². The van der Waals surface area contributed by atoms with Crippen molar-refractivity contribution in [2.24, 2.45) is 5.92 Å². The van der Waals surface area contributed by atoms with Gasteiger partial charge in [-0.15, -0.1) is 0 Å². The van der Waals surface area contributed by atoms with Gasteiger partial charge in [-0.05, 0) is 36.4 Å². The Morgan fingerprint density at radius 3 is 2.32 bits per heavy atom. The Balaban J connectivity index is 1.55. The van der Waals surface area contributed by atoms with Crippen LogP contribution >= 0.6 is 0 Å². The van der Waals surface area contributed by atoms with E-state index in [4.69, 9.17) is 14.2 Å². The Hall–Kier alpha value is -4.12. The van der Waals surface area contributed by atoms with Crippen LogP contribution in [-0.2, 0) is 15.1 Å². The normalized spacial score (nSPS) is 23.0. The lowest BCUT2D eigenvalue weighted by molar-refractivity contribution is -0.129. The molecule has 1 spiro atoms. The third-order valence-electron chi connectivity index (χ3n) is 5.88. The van der Waals surface area contributed by atoms with Crippen molar-refractivity contribution in [1.29, 1.82) is 0 Å². The molecule has 2 atom stereocenters. The van der Waals surface area contributed by atoms with Gasteiger partial charge in [-0.25, -0.2) is 4.79 Å². The average Bonchev–Trinajstić information content (AvgIpc) is 3.09. The number of benzene rings is 3. The highest BCUT2D eigenvalue weighted by Gasteiger charge is 2.61. The maximum absolute atomic E-state index is 13.7. The Morgan fingerprint density at radius 2 is 1.48 bits per heavy atom. The highest BCUT2D eigenvalue weighted by atomic mass is 16.6. The van der Waals surface area contributed by atoms with Gasteiger partial charge in [-0.3, -0.25) is 4.79 Å². The third-order valence-corrected chi connectivity index (χ3v) is 5.88. The maximum atomic E-state index is 13.7. The SMILES string of the molecule is O=C1OC2(c3ccccc3OC3=CC=C(Oc4ccccc4)C(=O)C32)c2ccccc21. The second-order valence-corrected chi connectivity index (χ2v) is 7.58. The second kappa shape index (κ2) is 6.44. The van der Waals surface area contributed by atoms with E-state index in [1.165, 1.54) is 0 Å². The Kier molecular flexibility index (Phi) is 3.68. The first kappa shape index (κ1) is 17.7. The molecule has 0 aromatic heterocycles. The number of Topliss-reactive ketones (excluding diaryl/α,β-unsaturated/α-hetero) is 1. The highest BCUT2D eigenvalue weighted by Crippen LogP contribution is 2.56. The first-order chi connectivity index (χ1) is 15.2. The summed E-state index contributed by atoms with van der Waals surface area (Å²) in [7, 11) is 0. The van der Waals surface area contributed by atoms with Crippen LogP contribution in [0.1, 0.15) is 21.5 Å². The summed E-state index contributed by atoms with van der Waals surface area (Å²) in [5.74, 6) is 0.0482. The monoisotopic (exact) mass is 408 g/mol. The van der Waals surface area contributed by atoms with Crippen molar-refractivity contribution in [3.63, 3.8) is 0 Å². The third kappa shape index (κ3) is 2.43. The van der Waals surface area contributed by atoms with Gasteiger partial charge in [0.15, 0.2) is 11.4 Å². The Labute approximate surface area is 178 Å². The Bertz CT molecular complexity index is 1300. The van der Waals surface area contributed by atoms with Crippen LogP contribution in [0.25, 0.3) is 0 Å². The fraction of sp³-hybridized carbons (Fsp3) is 0.0769. The van der Waals surface area contributed by atoms with Crippen molar-refractivity contribution in [3.8, 4) is 11.5 Å². The van der Waals surface area contributed by atoms with E-state index >= 15 is 0 Å². The van der Waals surface area contributed by atoms with E-state index < -0.39 is 17.5 Å². The summed E-state index contributed by atoms with van der Waals surface area (Å²) in [6.07, 6.45) is 3.32. The quantitative estimate of drug-likeness (QED) is 0.583. The van der Waals surface area contributed by atoms with E-state index in [1.54, 1.807) is 36.4 Å². The molecule has 3 aliphatic rings. The smallest absolute Gasteiger partial charge is 0.339 e. The number of rotatable bonds is 2. The molecular weight excluding hydrogens is 392 g/mol. The zero-order valence-corrected chi connectivity index (χ0v) is 16.3. The van der Waals surface area contributed by atoms with Crippen LogP contribution < -0.4 is 9.47 Å². The van der Waals surface area contributed by atoms with E-state index in [0.717, 1.165) is 0 Å². The van der Waals surface area contributed by atoms with Crippen LogP contribution in [-0.4, -0.2) is 11.8 Å². The molecule has 0 bridgehead atoms. The molecule has 0 N–H and O–H groups in total. The van der Waals surface area contributed by atoms with Crippen molar-refractivity contribution in [2.75, 3.05) is 0 Å². The van der Waals surface area contributed by atoms with Gasteiger partial charge < -0.3 is 14.2 Å². The van der Waals surface area contributed by atoms with E-state index in [0.29, 0.717) is 33.9 Å². The van der Waals surface area contributed by atoms with Crippen LogP contribution in [0.5, 0.6) is 11.5 Å². The number of carbonyl (C=O) groups excluding carboxylic acids is 2. The van der Waals surface area contributed by atoms with E-state index in [-0.39, 0.29) is 11.5 Å². The van der Waals surface area contributed by atoms with Crippen molar-refractivity contribution >= 4 is 11.8 Å². The largest absolute Gasteiger partial charge is 0.460 e. The van der Waals surface area contributed by atoms with Crippen LogP contribution in [0, 0.1) is 5.92 Å². The van der Waals surface area contributed by atoms with E-state index in [2.05, 4.69) is 0 Å². The number of fused-ring (bicyclic) bond motifs is 6. The lowest BCUT2D eigenvalue weighted by Gasteiger charge is -2.42. The Morgan fingerprint density at radius 1 is 0.774 bits per heavy atom.